The van der Waals surface area contributed by atoms with E-state index in [9.17, 15) is 4.79 Å². The van der Waals surface area contributed by atoms with Crippen molar-refractivity contribution in [3.63, 3.8) is 0 Å². The molecule has 0 radical (unpaired) electrons. The van der Waals surface area contributed by atoms with Crippen molar-refractivity contribution in [2.24, 2.45) is 0 Å². The zero-order valence-corrected chi connectivity index (χ0v) is 22.6. The van der Waals surface area contributed by atoms with Crippen molar-refractivity contribution in [1.29, 1.82) is 0 Å². The molecule has 3 aliphatic rings. The number of amides is 1. The van der Waals surface area contributed by atoms with E-state index in [0.717, 1.165) is 81.6 Å². The minimum Gasteiger partial charge on any atom is -0.370 e. The molecule has 37 heavy (non-hydrogen) atoms. The van der Waals surface area contributed by atoms with E-state index in [1.807, 2.05) is 17.3 Å². The Morgan fingerprint density at radius 1 is 1.00 bits per heavy atom. The Bertz CT molecular complexity index is 1040. The Kier molecular flexibility index (Phi) is 8.53. The van der Waals surface area contributed by atoms with Crippen LogP contribution in [0, 0.1) is 0 Å². The summed E-state index contributed by atoms with van der Waals surface area (Å²) in [5.41, 5.74) is 4.42. The molecule has 1 aromatic heterocycles. The van der Waals surface area contributed by atoms with E-state index >= 15 is 0 Å². The summed E-state index contributed by atoms with van der Waals surface area (Å²) in [7, 11) is 4.12. The molecule has 1 amide bonds. The van der Waals surface area contributed by atoms with Gasteiger partial charge in [0.15, 0.2) is 12.4 Å². The molecule has 0 spiro atoms. The molecule has 2 aromatic rings. The normalized spacial score (nSPS) is 18.8. The third kappa shape index (κ3) is 6.40. The van der Waals surface area contributed by atoms with Crippen molar-refractivity contribution in [3.05, 3.63) is 35.5 Å². The summed E-state index contributed by atoms with van der Waals surface area (Å²) in [6.07, 6.45) is 4.55. The van der Waals surface area contributed by atoms with Crippen molar-refractivity contribution >= 4 is 17.4 Å². The lowest BCUT2D eigenvalue weighted by Crippen LogP contribution is -2.82. The van der Waals surface area contributed by atoms with Crippen molar-refractivity contribution in [1.82, 2.24) is 24.7 Å². The van der Waals surface area contributed by atoms with Crippen LogP contribution in [0.25, 0.3) is 11.4 Å². The largest absolute Gasteiger partial charge is 0.370 e. The summed E-state index contributed by atoms with van der Waals surface area (Å²) >= 11 is 0. The monoisotopic (exact) mass is 507 g/mol. The molecule has 0 bridgehead atoms. The van der Waals surface area contributed by atoms with Crippen LogP contribution in [0.2, 0.25) is 0 Å². The van der Waals surface area contributed by atoms with E-state index in [1.54, 1.807) is 0 Å². The molecular formula is C28H43N8O+. The molecule has 0 aliphatic carbocycles. The predicted octanol–water partition coefficient (Wildman–Crippen LogP) is 0.871. The molecule has 0 saturated carbocycles. The summed E-state index contributed by atoms with van der Waals surface area (Å²) in [6.45, 7) is 10.5. The molecule has 0 unspecified atom stereocenters. The number of carbonyl (C=O) groups is 1. The number of anilines is 2. The van der Waals surface area contributed by atoms with E-state index in [0.29, 0.717) is 13.1 Å². The molecule has 3 N–H and O–H groups in total. The maximum Gasteiger partial charge on any atom is 0.278 e. The van der Waals surface area contributed by atoms with Crippen LogP contribution >= 0.6 is 0 Å². The molecule has 0 atom stereocenters. The van der Waals surface area contributed by atoms with Gasteiger partial charge in [0.1, 0.15) is 5.82 Å². The first-order valence-electron chi connectivity index (χ1n) is 14.1. The first-order chi connectivity index (χ1) is 18.1. The number of quaternary nitrogens is 1. The molecule has 1 aromatic carbocycles. The van der Waals surface area contributed by atoms with Crippen LogP contribution in [0.3, 0.4) is 0 Å². The highest BCUT2D eigenvalue weighted by Crippen LogP contribution is 2.28. The van der Waals surface area contributed by atoms with Crippen molar-refractivity contribution in [2.75, 3.05) is 89.8 Å². The fourth-order valence-corrected chi connectivity index (χ4v) is 5.62. The lowest BCUT2D eigenvalue weighted by Gasteiger charge is -2.34. The first kappa shape index (κ1) is 25.9. The minimum atomic E-state index is 0.171. The van der Waals surface area contributed by atoms with E-state index in [2.05, 4.69) is 51.3 Å². The van der Waals surface area contributed by atoms with Crippen molar-refractivity contribution in [3.8, 4) is 11.4 Å². The first-order valence-corrected chi connectivity index (χ1v) is 14.1. The summed E-state index contributed by atoms with van der Waals surface area (Å²) in [6, 6.07) is 8.67. The number of hydrogen-bond donors (Lipinski definition) is 2. The number of fused-ring (bicyclic) bond motifs is 1. The standard InChI is InChI=1S/C28H42N8O/c1-29-20-26(37)36-15-10-24-25(21-36)31-27(32-28(24)30-11-5-14-34-12-3-4-13-34)22-6-8-23(9-7-22)35-18-16-33(2)17-19-35/h6-9,29H,3-5,10-21H2,1-2H3,(H,30,31,32)/p+1. The van der Waals surface area contributed by atoms with Gasteiger partial charge in [-0.3, -0.25) is 4.79 Å². The van der Waals surface area contributed by atoms with Gasteiger partial charge in [0.2, 0.25) is 0 Å². The third-order valence-corrected chi connectivity index (χ3v) is 7.93. The van der Waals surface area contributed by atoms with Crippen molar-refractivity contribution < 1.29 is 10.1 Å². The van der Waals surface area contributed by atoms with E-state index < -0.39 is 0 Å². The number of likely N-dealkylation sites (N-methyl/N-ethyl adjacent to an activating group) is 2. The quantitative estimate of drug-likeness (QED) is 0.488. The molecule has 5 rings (SSSR count). The molecule has 9 heteroatoms. The number of nitrogens with one attached hydrogen (secondary N) is 1. The van der Waals surface area contributed by atoms with E-state index in [-0.39, 0.29) is 5.91 Å². The maximum atomic E-state index is 12.6. The van der Waals surface area contributed by atoms with Gasteiger partial charge in [-0.15, -0.1) is 0 Å². The Balaban J connectivity index is 1.34. The van der Waals surface area contributed by atoms with Gasteiger partial charge in [0.25, 0.3) is 5.91 Å². The predicted molar refractivity (Wildman–Crippen MR) is 148 cm³/mol. The number of hydrogen-bond acceptors (Lipinski definition) is 7. The Hall–Kier alpha value is -2.75. The molecule has 3 aliphatic heterocycles. The lowest BCUT2D eigenvalue weighted by molar-refractivity contribution is -0.616. The highest BCUT2D eigenvalue weighted by atomic mass is 16.2. The van der Waals surface area contributed by atoms with Gasteiger partial charge < -0.3 is 30.2 Å². The second-order valence-corrected chi connectivity index (χ2v) is 10.7. The van der Waals surface area contributed by atoms with Crippen LogP contribution < -0.4 is 15.5 Å². The van der Waals surface area contributed by atoms with Gasteiger partial charge in [-0.25, -0.2) is 9.97 Å². The van der Waals surface area contributed by atoms with Crippen LogP contribution in [-0.4, -0.2) is 110 Å². The number of benzene rings is 1. The number of nitrogens with zero attached hydrogens (tertiary/aromatic N) is 6. The highest BCUT2D eigenvalue weighted by Gasteiger charge is 2.26. The van der Waals surface area contributed by atoms with Gasteiger partial charge in [-0.05, 0) is 76.6 Å². The Morgan fingerprint density at radius 2 is 1.76 bits per heavy atom. The average molecular weight is 508 g/mol. The molecule has 2 fully saturated rings. The van der Waals surface area contributed by atoms with Gasteiger partial charge in [0.05, 0.1) is 19.3 Å². The molecule has 4 heterocycles. The van der Waals surface area contributed by atoms with E-state index in [4.69, 9.17) is 9.97 Å². The Labute approximate surface area is 221 Å². The zero-order chi connectivity index (χ0) is 25.6. The topological polar surface area (TPSA) is 84.5 Å². The lowest BCUT2D eigenvalue weighted by atomic mass is 10.0. The summed E-state index contributed by atoms with van der Waals surface area (Å²) in [4.78, 5) is 31.9. The van der Waals surface area contributed by atoms with Crippen LogP contribution in [0.1, 0.15) is 30.5 Å². The number of piperazine rings is 1. The molecule has 2 saturated heterocycles. The van der Waals surface area contributed by atoms with Gasteiger partial charge >= 0.3 is 0 Å². The Morgan fingerprint density at radius 3 is 2.49 bits per heavy atom. The molecule has 9 nitrogen and oxygen atoms in total. The van der Waals surface area contributed by atoms with Gasteiger partial charge in [0, 0.05) is 56.1 Å². The summed E-state index contributed by atoms with van der Waals surface area (Å²) in [5, 5.41) is 5.57. The number of nitrogens with two attached hydrogens (primary N) is 1. The summed E-state index contributed by atoms with van der Waals surface area (Å²) in [5.74, 6) is 1.85. The van der Waals surface area contributed by atoms with Crippen LogP contribution in [0.4, 0.5) is 11.5 Å². The van der Waals surface area contributed by atoms with Crippen LogP contribution in [-0.2, 0) is 17.8 Å². The molecular weight excluding hydrogens is 464 g/mol. The summed E-state index contributed by atoms with van der Waals surface area (Å²) < 4.78 is 0. The number of aromatic nitrogens is 2. The number of carbonyl (C=O) groups excluding carboxylic acids is 1. The number of likely N-dealkylation sites (tertiary alicyclic amines) is 1. The number of rotatable bonds is 9. The fraction of sp³-hybridized carbons (Fsp3) is 0.607. The minimum absolute atomic E-state index is 0.171. The van der Waals surface area contributed by atoms with Crippen LogP contribution in [0.15, 0.2) is 24.3 Å². The average Bonchev–Trinajstić information content (AvgIpc) is 3.45. The SMILES string of the molecule is C[NH2+]CC(=O)N1CCc2c(nc(-c3ccc(N4CCN(C)CC4)cc3)nc2NCCCN2CCCC2)C1. The molecule has 200 valence electrons. The fourth-order valence-electron chi connectivity index (χ4n) is 5.62. The van der Waals surface area contributed by atoms with Crippen molar-refractivity contribution in [2.45, 2.75) is 32.2 Å². The second kappa shape index (κ2) is 12.2. The third-order valence-electron chi connectivity index (χ3n) is 7.93. The van der Waals surface area contributed by atoms with Gasteiger partial charge in [-0.1, -0.05) is 0 Å². The maximum absolute atomic E-state index is 12.6. The highest BCUT2D eigenvalue weighted by molar-refractivity contribution is 5.77. The smallest absolute Gasteiger partial charge is 0.278 e. The second-order valence-electron chi connectivity index (χ2n) is 10.7. The van der Waals surface area contributed by atoms with Crippen LogP contribution in [0.5, 0.6) is 0 Å². The van der Waals surface area contributed by atoms with E-state index in [1.165, 1.54) is 37.2 Å². The zero-order valence-electron chi connectivity index (χ0n) is 22.6. The van der Waals surface area contributed by atoms with Gasteiger partial charge in [-0.2, -0.15) is 0 Å².